The fourth-order valence-electron chi connectivity index (χ4n) is 2.40. The number of aryl methyl sites for hydroxylation is 1. The molecule has 0 unspecified atom stereocenters. The highest BCUT2D eigenvalue weighted by atomic mass is 16.5. The van der Waals surface area contributed by atoms with E-state index in [2.05, 4.69) is 11.4 Å². The molecule has 1 amide bonds. The van der Waals surface area contributed by atoms with Gasteiger partial charge in [0, 0.05) is 5.69 Å². The second-order valence-electron chi connectivity index (χ2n) is 5.24. The SMILES string of the molecule is CCc1ccccc1NC(=O)[C@@H](C#N)Cc1cccc(OC)c1. The Hall–Kier alpha value is -2.80. The minimum absolute atomic E-state index is 0.281. The number of rotatable bonds is 6. The predicted molar refractivity (Wildman–Crippen MR) is 90.3 cm³/mol. The van der Waals surface area contributed by atoms with Crippen LogP contribution < -0.4 is 10.1 Å². The van der Waals surface area contributed by atoms with E-state index < -0.39 is 5.92 Å². The van der Waals surface area contributed by atoms with Crippen molar-refractivity contribution >= 4 is 11.6 Å². The molecule has 0 aliphatic carbocycles. The number of para-hydroxylation sites is 1. The summed E-state index contributed by atoms with van der Waals surface area (Å²) < 4.78 is 5.17. The number of ether oxygens (including phenoxy) is 1. The Kier molecular flexibility index (Phi) is 5.76. The van der Waals surface area contributed by atoms with Crippen LogP contribution in [0.15, 0.2) is 48.5 Å². The van der Waals surface area contributed by atoms with Crippen LogP contribution in [0.1, 0.15) is 18.1 Å². The van der Waals surface area contributed by atoms with Crippen LogP contribution in [0, 0.1) is 17.2 Å². The molecule has 2 aromatic rings. The van der Waals surface area contributed by atoms with Gasteiger partial charge in [0.25, 0.3) is 0 Å². The molecule has 0 fully saturated rings. The van der Waals surface area contributed by atoms with Crippen molar-refractivity contribution in [3.05, 3.63) is 59.7 Å². The summed E-state index contributed by atoms with van der Waals surface area (Å²) in [7, 11) is 1.59. The first-order chi connectivity index (χ1) is 11.2. The number of amides is 1. The zero-order valence-corrected chi connectivity index (χ0v) is 13.4. The van der Waals surface area contributed by atoms with Gasteiger partial charge in [-0.15, -0.1) is 0 Å². The van der Waals surface area contributed by atoms with Crippen molar-refractivity contribution in [2.75, 3.05) is 12.4 Å². The van der Waals surface area contributed by atoms with E-state index in [9.17, 15) is 10.1 Å². The van der Waals surface area contributed by atoms with E-state index in [0.717, 1.165) is 29.0 Å². The van der Waals surface area contributed by atoms with Gasteiger partial charge in [-0.2, -0.15) is 5.26 Å². The fourth-order valence-corrected chi connectivity index (χ4v) is 2.40. The van der Waals surface area contributed by atoms with Crippen molar-refractivity contribution in [1.82, 2.24) is 0 Å². The molecule has 0 saturated carbocycles. The number of nitriles is 1. The van der Waals surface area contributed by atoms with E-state index in [0.29, 0.717) is 6.42 Å². The molecule has 4 nitrogen and oxygen atoms in total. The van der Waals surface area contributed by atoms with E-state index in [1.54, 1.807) is 7.11 Å². The zero-order chi connectivity index (χ0) is 16.7. The molecule has 0 aliphatic rings. The van der Waals surface area contributed by atoms with Crippen LogP contribution in [0.4, 0.5) is 5.69 Å². The lowest BCUT2D eigenvalue weighted by Gasteiger charge is -2.13. The summed E-state index contributed by atoms with van der Waals surface area (Å²) in [5, 5.41) is 12.2. The van der Waals surface area contributed by atoms with Gasteiger partial charge in [0.15, 0.2) is 0 Å². The number of hydrogen-bond donors (Lipinski definition) is 1. The summed E-state index contributed by atoms with van der Waals surface area (Å²) in [6.45, 7) is 2.03. The Morgan fingerprint density at radius 1 is 1.26 bits per heavy atom. The number of anilines is 1. The van der Waals surface area contributed by atoms with Gasteiger partial charge in [0.05, 0.1) is 13.2 Å². The summed E-state index contributed by atoms with van der Waals surface area (Å²) in [5.41, 5.74) is 2.72. The van der Waals surface area contributed by atoms with Gasteiger partial charge in [-0.1, -0.05) is 37.3 Å². The smallest absolute Gasteiger partial charge is 0.242 e. The number of nitrogens with one attached hydrogen (secondary N) is 1. The molecule has 2 rings (SSSR count). The van der Waals surface area contributed by atoms with Gasteiger partial charge in [-0.3, -0.25) is 4.79 Å². The molecule has 0 aromatic heterocycles. The van der Waals surface area contributed by atoms with Crippen molar-refractivity contribution in [2.45, 2.75) is 19.8 Å². The van der Waals surface area contributed by atoms with E-state index in [4.69, 9.17) is 4.74 Å². The van der Waals surface area contributed by atoms with E-state index in [-0.39, 0.29) is 5.91 Å². The number of benzene rings is 2. The second-order valence-corrected chi connectivity index (χ2v) is 5.24. The maximum absolute atomic E-state index is 12.4. The summed E-state index contributed by atoms with van der Waals surface area (Å²) in [5.74, 6) is -0.306. The molecule has 0 heterocycles. The van der Waals surface area contributed by atoms with Crippen LogP contribution >= 0.6 is 0 Å². The lowest BCUT2D eigenvalue weighted by Crippen LogP contribution is -2.24. The minimum atomic E-state index is -0.744. The van der Waals surface area contributed by atoms with Gasteiger partial charge < -0.3 is 10.1 Å². The van der Waals surface area contributed by atoms with Crippen LogP contribution in [0.3, 0.4) is 0 Å². The molecular formula is C19H20N2O2. The van der Waals surface area contributed by atoms with Crippen LogP contribution in [0.2, 0.25) is 0 Å². The number of hydrogen-bond acceptors (Lipinski definition) is 3. The highest BCUT2D eigenvalue weighted by molar-refractivity contribution is 5.95. The molecule has 0 spiro atoms. The van der Waals surface area contributed by atoms with E-state index in [1.807, 2.05) is 55.5 Å². The Morgan fingerprint density at radius 3 is 2.74 bits per heavy atom. The molecule has 118 valence electrons. The maximum atomic E-state index is 12.4. The first kappa shape index (κ1) is 16.6. The standard InChI is InChI=1S/C19H20N2O2/c1-3-15-8-4-5-10-18(15)21-19(22)16(13-20)11-14-7-6-9-17(12-14)23-2/h4-10,12,16H,3,11H2,1-2H3,(H,21,22)/t16-/m1/s1. The van der Waals surface area contributed by atoms with Gasteiger partial charge in [-0.25, -0.2) is 0 Å². The van der Waals surface area contributed by atoms with Gasteiger partial charge in [0.1, 0.15) is 11.7 Å². The molecular weight excluding hydrogens is 288 g/mol. The van der Waals surface area contributed by atoms with E-state index >= 15 is 0 Å². The predicted octanol–water partition coefficient (Wildman–Crippen LogP) is 3.58. The lowest BCUT2D eigenvalue weighted by molar-refractivity contribution is -0.118. The van der Waals surface area contributed by atoms with Crippen molar-refractivity contribution in [3.8, 4) is 11.8 Å². The molecule has 23 heavy (non-hydrogen) atoms. The normalized spacial score (nSPS) is 11.3. The lowest BCUT2D eigenvalue weighted by atomic mass is 9.99. The third-order valence-electron chi connectivity index (χ3n) is 3.70. The summed E-state index contributed by atoms with van der Waals surface area (Å²) >= 11 is 0. The third kappa shape index (κ3) is 4.33. The number of nitrogens with zero attached hydrogens (tertiary/aromatic N) is 1. The Morgan fingerprint density at radius 2 is 2.04 bits per heavy atom. The quantitative estimate of drug-likeness (QED) is 0.887. The van der Waals surface area contributed by atoms with Crippen molar-refractivity contribution in [1.29, 1.82) is 5.26 Å². The maximum Gasteiger partial charge on any atom is 0.242 e. The summed E-state index contributed by atoms with van der Waals surface area (Å²) in [6.07, 6.45) is 1.18. The number of methoxy groups -OCH3 is 1. The highest BCUT2D eigenvalue weighted by Gasteiger charge is 2.19. The minimum Gasteiger partial charge on any atom is -0.497 e. The van der Waals surface area contributed by atoms with Crippen LogP contribution in [0.25, 0.3) is 0 Å². The Balaban J connectivity index is 2.11. The third-order valence-corrected chi connectivity index (χ3v) is 3.70. The number of carbonyl (C=O) groups is 1. The molecule has 0 bridgehead atoms. The first-order valence-corrected chi connectivity index (χ1v) is 7.59. The first-order valence-electron chi connectivity index (χ1n) is 7.59. The molecule has 0 radical (unpaired) electrons. The van der Waals surface area contributed by atoms with Crippen LogP contribution in [0.5, 0.6) is 5.75 Å². The van der Waals surface area contributed by atoms with Crippen molar-refractivity contribution < 1.29 is 9.53 Å². The Bertz CT molecular complexity index is 719. The molecule has 2 aromatic carbocycles. The average Bonchev–Trinajstić information content (AvgIpc) is 2.60. The monoisotopic (exact) mass is 308 g/mol. The molecule has 4 heteroatoms. The van der Waals surface area contributed by atoms with Gasteiger partial charge >= 0.3 is 0 Å². The van der Waals surface area contributed by atoms with Crippen LogP contribution in [-0.4, -0.2) is 13.0 Å². The Labute approximate surface area is 136 Å². The van der Waals surface area contributed by atoms with Crippen molar-refractivity contribution in [3.63, 3.8) is 0 Å². The largest absolute Gasteiger partial charge is 0.497 e. The average molecular weight is 308 g/mol. The van der Waals surface area contributed by atoms with Crippen molar-refractivity contribution in [2.24, 2.45) is 5.92 Å². The zero-order valence-electron chi connectivity index (χ0n) is 13.4. The van der Waals surface area contributed by atoms with Crippen LogP contribution in [-0.2, 0) is 17.6 Å². The summed E-state index contributed by atoms with van der Waals surface area (Å²) in [6, 6.07) is 17.2. The van der Waals surface area contributed by atoms with Gasteiger partial charge in [0.2, 0.25) is 5.91 Å². The topological polar surface area (TPSA) is 62.1 Å². The molecule has 1 N–H and O–H groups in total. The summed E-state index contributed by atoms with van der Waals surface area (Å²) in [4.78, 5) is 12.4. The highest BCUT2D eigenvalue weighted by Crippen LogP contribution is 2.19. The fraction of sp³-hybridized carbons (Fsp3) is 0.263. The van der Waals surface area contributed by atoms with E-state index in [1.165, 1.54) is 0 Å². The molecule has 0 saturated heterocycles. The van der Waals surface area contributed by atoms with Gasteiger partial charge in [-0.05, 0) is 42.2 Å². The second kappa shape index (κ2) is 8.00. The number of carbonyl (C=O) groups excluding carboxylic acids is 1. The molecule has 0 aliphatic heterocycles. The molecule has 1 atom stereocenters.